The first-order valence-electron chi connectivity index (χ1n) is 6.15. The lowest BCUT2D eigenvalue weighted by atomic mass is 10.4. The minimum atomic E-state index is 0.0112. The SMILES string of the molecule is COCCN(CCBr)c1nccn(C2CC2)c1=O. The molecule has 0 aromatic carbocycles. The van der Waals surface area contributed by atoms with Crippen molar-refractivity contribution in [2.75, 3.05) is 37.0 Å². The number of methoxy groups -OCH3 is 1. The van der Waals surface area contributed by atoms with Gasteiger partial charge in [-0.15, -0.1) is 0 Å². The summed E-state index contributed by atoms with van der Waals surface area (Å²) in [6.45, 7) is 2.02. The predicted molar refractivity (Wildman–Crippen MR) is 74.7 cm³/mol. The molecule has 1 heterocycles. The lowest BCUT2D eigenvalue weighted by molar-refractivity contribution is 0.205. The molecule has 0 unspecified atom stereocenters. The highest BCUT2D eigenvalue weighted by atomic mass is 79.9. The van der Waals surface area contributed by atoms with Crippen molar-refractivity contribution in [2.24, 2.45) is 0 Å². The number of aromatic nitrogens is 2. The number of hydrogen-bond donors (Lipinski definition) is 0. The fourth-order valence-electron chi connectivity index (χ4n) is 1.90. The number of nitrogens with zero attached hydrogens (tertiary/aromatic N) is 3. The molecule has 1 aromatic rings. The Morgan fingerprint density at radius 2 is 2.33 bits per heavy atom. The van der Waals surface area contributed by atoms with E-state index < -0.39 is 0 Å². The van der Waals surface area contributed by atoms with Gasteiger partial charge in [0.25, 0.3) is 5.56 Å². The molecule has 0 aliphatic heterocycles. The Hall–Kier alpha value is -0.880. The molecule has 5 nitrogen and oxygen atoms in total. The summed E-state index contributed by atoms with van der Waals surface area (Å²) in [6, 6.07) is 0.382. The van der Waals surface area contributed by atoms with Crippen molar-refractivity contribution in [3.63, 3.8) is 0 Å². The zero-order valence-corrected chi connectivity index (χ0v) is 12.1. The van der Waals surface area contributed by atoms with Gasteiger partial charge in [-0.25, -0.2) is 4.98 Å². The van der Waals surface area contributed by atoms with Gasteiger partial charge in [-0.05, 0) is 12.8 Å². The van der Waals surface area contributed by atoms with E-state index in [2.05, 4.69) is 20.9 Å². The van der Waals surface area contributed by atoms with Crippen LogP contribution < -0.4 is 10.5 Å². The highest BCUT2D eigenvalue weighted by molar-refractivity contribution is 9.09. The maximum absolute atomic E-state index is 12.3. The van der Waals surface area contributed by atoms with E-state index in [1.54, 1.807) is 24.1 Å². The van der Waals surface area contributed by atoms with Crippen molar-refractivity contribution in [3.05, 3.63) is 22.7 Å². The molecule has 2 rings (SSSR count). The molecule has 0 atom stereocenters. The van der Waals surface area contributed by atoms with Gasteiger partial charge >= 0.3 is 0 Å². The Kier molecular flexibility index (Phi) is 4.77. The number of anilines is 1. The van der Waals surface area contributed by atoms with Crippen molar-refractivity contribution in [3.8, 4) is 0 Å². The summed E-state index contributed by atoms with van der Waals surface area (Å²) in [4.78, 5) is 18.5. The summed E-state index contributed by atoms with van der Waals surface area (Å²) in [5, 5.41) is 0.802. The summed E-state index contributed by atoms with van der Waals surface area (Å²) in [6.07, 6.45) is 5.69. The monoisotopic (exact) mass is 315 g/mol. The molecule has 0 spiro atoms. The lowest BCUT2D eigenvalue weighted by Crippen LogP contribution is -2.36. The van der Waals surface area contributed by atoms with E-state index in [0.717, 1.165) is 24.7 Å². The normalized spacial score (nSPS) is 14.8. The molecule has 6 heteroatoms. The van der Waals surface area contributed by atoms with Gasteiger partial charge in [0.1, 0.15) is 0 Å². The molecule has 1 aromatic heterocycles. The van der Waals surface area contributed by atoms with Crippen LogP contribution in [0.2, 0.25) is 0 Å². The highest BCUT2D eigenvalue weighted by Gasteiger charge is 2.26. The molecule has 0 bridgehead atoms. The van der Waals surface area contributed by atoms with E-state index in [0.29, 0.717) is 25.0 Å². The third-order valence-corrected chi connectivity index (χ3v) is 3.36. The van der Waals surface area contributed by atoms with Crippen molar-refractivity contribution in [2.45, 2.75) is 18.9 Å². The van der Waals surface area contributed by atoms with E-state index in [-0.39, 0.29) is 5.56 Å². The second-order valence-corrected chi connectivity index (χ2v) is 5.16. The molecule has 0 N–H and O–H groups in total. The Morgan fingerprint density at radius 1 is 1.56 bits per heavy atom. The lowest BCUT2D eigenvalue weighted by Gasteiger charge is -2.22. The second kappa shape index (κ2) is 6.33. The second-order valence-electron chi connectivity index (χ2n) is 4.36. The number of alkyl halides is 1. The molecule has 1 saturated carbocycles. The van der Waals surface area contributed by atoms with Gasteiger partial charge in [0, 0.05) is 44.0 Å². The first kappa shape index (κ1) is 13.5. The van der Waals surface area contributed by atoms with Gasteiger partial charge in [0.15, 0.2) is 5.82 Å². The Bertz CT molecular complexity index is 445. The van der Waals surface area contributed by atoms with Crippen molar-refractivity contribution in [1.29, 1.82) is 0 Å². The van der Waals surface area contributed by atoms with Crippen LogP contribution in [0.1, 0.15) is 18.9 Å². The van der Waals surface area contributed by atoms with Gasteiger partial charge in [0.05, 0.1) is 6.61 Å². The number of ether oxygens (including phenoxy) is 1. The van der Waals surface area contributed by atoms with E-state index in [9.17, 15) is 4.79 Å². The van der Waals surface area contributed by atoms with E-state index in [4.69, 9.17) is 4.74 Å². The molecule has 1 aliphatic rings. The molecule has 1 fully saturated rings. The molecule has 1 aliphatic carbocycles. The molecular weight excluding hydrogens is 298 g/mol. The van der Waals surface area contributed by atoms with Gasteiger partial charge in [-0.3, -0.25) is 4.79 Å². The number of halogens is 1. The fourth-order valence-corrected chi connectivity index (χ4v) is 2.33. The molecular formula is C12H18BrN3O2. The molecule has 0 radical (unpaired) electrons. The smallest absolute Gasteiger partial charge is 0.293 e. The average Bonchev–Trinajstić information content (AvgIpc) is 3.19. The maximum atomic E-state index is 12.3. The summed E-state index contributed by atoms with van der Waals surface area (Å²) < 4.78 is 6.88. The van der Waals surface area contributed by atoms with Crippen molar-refractivity contribution >= 4 is 21.7 Å². The van der Waals surface area contributed by atoms with Crippen LogP contribution in [0, 0.1) is 0 Å². The Morgan fingerprint density at radius 3 is 2.94 bits per heavy atom. The zero-order chi connectivity index (χ0) is 13.0. The van der Waals surface area contributed by atoms with Crippen LogP contribution in [0.25, 0.3) is 0 Å². The van der Waals surface area contributed by atoms with Crippen LogP contribution in [-0.4, -0.2) is 41.7 Å². The third kappa shape index (κ3) is 3.11. The van der Waals surface area contributed by atoms with Crippen LogP contribution in [-0.2, 0) is 4.74 Å². The zero-order valence-electron chi connectivity index (χ0n) is 10.5. The summed E-state index contributed by atoms with van der Waals surface area (Å²) >= 11 is 3.40. The van der Waals surface area contributed by atoms with Gasteiger partial charge in [0.2, 0.25) is 0 Å². The molecule has 0 saturated heterocycles. The van der Waals surface area contributed by atoms with Crippen LogP contribution in [0.5, 0.6) is 0 Å². The predicted octanol–water partition coefficient (Wildman–Crippen LogP) is 1.43. The van der Waals surface area contributed by atoms with Crippen LogP contribution in [0.3, 0.4) is 0 Å². The molecule has 18 heavy (non-hydrogen) atoms. The maximum Gasteiger partial charge on any atom is 0.293 e. The van der Waals surface area contributed by atoms with Gasteiger partial charge < -0.3 is 14.2 Å². The van der Waals surface area contributed by atoms with Gasteiger partial charge in [-0.1, -0.05) is 15.9 Å². The minimum Gasteiger partial charge on any atom is -0.383 e. The van der Waals surface area contributed by atoms with Crippen LogP contribution in [0.4, 0.5) is 5.82 Å². The summed E-state index contributed by atoms with van der Waals surface area (Å²) in [5.41, 5.74) is 0.0112. The largest absolute Gasteiger partial charge is 0.383 e. The minimum absolute atomic E-state index is 0.0112. The van der Waals surface area contributed by atoms with Crippen molar-refractivity contribution in [1.82, 2.24) is 9.55 Å². The standard InChI is InChI=1S/C12H18BrN3O2/c1-18-9-8-15(6-4-13)11-12(17)16(7-5-14-11)10-2-3-10/h5,7,10H,2-4,6,8-9H2,1H3. The first-order chi connectivity index (χ1) is 8.77. The molecule has 0 amide bonds. The van der Waals surface area contributed by atoms with Crippen LogP contribution >= 0.6 is 15.9 Å². The average molecular weight is 316 g/mol. The summed E-state index contributed by atoms with van der Waals surface area (Å²) in [5.74, 6) is 0.529. The van der Waals surface area contributed by atoms with E-state index in [1.165, 1.54) is 0 Å². The topological polar surface area (TPSA) is 47.4 Å². The van der Waals surface area contributed by atoms with Crippen molar-refractivity contribution < 1.29 is 4.74 Å². The fraction of sp³-hybridized carbons (Fsp3) is 0.667. The quantitative estimate of drug-likeness (QED) is 0.714. The van der Waals surface area contributed by atoms with E-state index in [1.807, 2.05) is 4.90 Å². The number of hydrogen-bond acceptors (Lipinski definition) is 4. The van der Waals surface area contributed by atoms with Gasteiger partial charge in [-0.2, -0.15) is 0 Å². The first-order valence-corrected chi connectivity index (χ1v) is 7.27. The highest BCUT2D eigenvalue weighted by Crippen LogP contribution is 2.33. The third-order valence-electron chi connectivity index (χ3n) is 3.01. The Labute approximate surface area is 115 Å². The van der Waals surface area contributed by atoms with Crippen LogP contribution in [0.15, 0.2) is 17.2 Å². The molecule has 100 valence electrons. The Balaban J connectivity index is 2.22. The number of rotatable bonds is 7. The van der Waals surface area contributed by atoms with E-state index >= 15 is 0 Å². The summed E-state index contributed by atoms with van der Waals surface area (Å²) in [7, 11) is 1.66.